The highest BCUT2D eigenvalue weighted by Gasteiger charge is 2.18. The summed E-state index contributed by atoms with van der Waals surface area (Å²) < 4.78 is 10.1. The Kier molecular flexibility index (Phi) is 5.44. The van der Waals surface area contributed by atoms with Crippen molar-refractivity contribution in [3.8, 4) is 5.75 Å². The number of halogens is 1. The number of rotatable bonds is 5. The number of aryl methyl sites for hydroxylation is 1. The van der Waals surface area contributed by atoms with Crippen molar-refractivity contribution >= 4 is 17.6 Å². The molecule has 0 aliphatic heterocycles. The van der Waals surface area contributed by atoms with Crippen molar-refractivity contribution in [2.24, 2.45) is 5.73 Å². The number of benzene rings is 1. The van der Waals surface area contributed by atoms with Crippen LogP contribution in [-0.4, -0.2) is 25.7 Å². The molecule has 1 aromatic carbocycles. The van der Waals surface area contributed by atoms with E-state index in [4.69, 9.17) is 26.8 Å². The Morgan fingerprint density at radius 2 is 2.17 bits per heavy atom. The van der Waals surface area contributed by atoms with E-state index in [-0.39, 0.29) is 0 Å². The first kappa shape index (κ1) is 14.8. The normalized spacial score (nSPS) is 12.1. The van der Waals surface area contributed by atoms with Gasteiger partial charge in [0.05, 0.1) is 18.7 Å². The summed E-state index contributed by atoms with van der Waals surface area (Å²) in [7, 11) is 1.54. The molecule has 0 saturated heterocycles. The summed E-state index contributed by atoms with van der Waals surface area (Å²) in [6.45, 7) is 3.98. The summed E-state index contributed by atoms with van der Waals surface area (Å²) in [5.41, 5.74) is 7.59. The molecule has 0 aliphatic rings. The Balaban J connectivity index is 2.93. The third-order valence-corrected chi connectivity index (χ3v) is 2.78. The average molecular weight is 272 g/mol. The van der Waals surface area contributed by atoms with Crippen LogP contribution in [0.3, 0.4) is 0 Å². The van der Waals surface area contributed by atoms with Crippen molar-refractivity contribution < 1.29 is 14.3 Å². The number of carbonyl (C=O) groups excluding carboxylic acids is 1. The van der Waals surface area contributed by atoms with E-state index in [9.17, 15) is 4.79 Å². The second kappa shape index (κ2) is 6.61. The topological polar surface area (TPSA) is 61.5 Å². The molecule has 1 unspecified atom stereocenters. The third-order valence-electron chi connectivity index (χ3n) is 2.50. The van der Waals surface area contributed by atoms with Gasteiger partial charge in [0.15, 0.2) is 0 Å². The standard InChI is InChI=1S/C13H18ClNO3/c1-4-18-13(16)11(15)7-9-5-8(2)6-10(14)12(9)17-3/h5-6,11H,4,7,15H2,1-3H3. The van der Waals surface area contributed by atoms with Gasteiger partial charge in [0.25, 0.3) is 0 Å². The predicted octanol–water partition coefficient (Wildman–Crippen LogP) is 2.09. The highest BCUT2D eigenvalue weighted by molar-refractivity contribution is 6.32. The van der Waals surface area contributed by atoms with Crippen molar-refractivity contribution in [2.45, 2.75) is 26.3 Å². The fourth-order valence-electron chi connectivity index (χ4n) is 1.75. The Morgan fingerprint density at radius 1 is 1.50 bits per heavy atom. The number of carbonyl (C=O) groups is 1. The number of hydrogen-bond acceptors (Lipinski definition) is 4. The molecule has 0 bridgehead atoms. The van der Waals surface area contributed by atoms with Crippen molar-refractivity contribution in [3.05, 3.63) is 28.3 Å². The van der Waals surface area contributed by atoms with E-state index in [1.165, 1.54) is 7.11 Å². The maximum atomic E-state index is 11.5. The molecule has 0 amide bonds. The zero-order valence-corrected chi connectivity index (χ0v) is 11.6. The summed E-state index contributed by atoms with van der Waals surface area (Å²) in [5.74, 6) is 0.138. The summed E-state index contributed by atoms with van der Waals surface area (Å²) in [5, 5.41) is 0.517. The quantitative estimate of drug-likeness (QED) is 0.833. The van der Waals surface area contributed by atoms with Gasteiger partial charge in [-0.2, -0.15) is 0 Å². The number of nitrogens with two attached hydrogens (primary N) is 1. The molecular weight excluding hydrogens is 254 g/mol. The molecule has 1 atom stereocenters. The monoisotopic (exact) mass is 271 g/mol. The van der Waals surface area contributed by atoms with Crippen LogP contribution in [0.15, 0.2) is 12.1 Å². The van der Waals surface area contributed by atoms with Gasteiger partial charge >= 0.3 is 5.97 Å². The van der Waals surface area contributed by atoms with Gasteiger partial charge in [0.2, 0.25) is 0 Å². The van der Waals surface area contributed by atoms with E-state index in [1.54, 1.807) is 13.0 Å². The number of esters is 1. The highest BCUT2D eigenvalue weighted by atomic mass is 35.5. The van der Waals surface area contributed by atoms with Gasteiger partial charge in [-0.25, -0.2) is 0 Å². The van der Waals surface area contributed by atoms with Crippen LogP contribution in [0.25, 0.3) is 0 Å². The second-order valence-electron chi connectivity index (χ2n) is 4.00. The molecule has 1 rings (SSSR count). The molecule has 4 nitrogen and oxygen atoms in total. The molecule has 0 aromatic heterocycles. The lowest BCUT2D eigenvalue weighted by Gasteiger charge is -2.15. The third kappa shape index (κ3) is 3.62. The lowest BCUT2D eigenvalue weighted by atomic mass is 10.0. The van der Waals surface area contributed by atoms with Gasteiger partial charge < -0.3 is 15.2 Å². The Bertz CT molecular complexity index is 434. The van der Waals surface area contributed by atoms with Gasteiger partial charge in [-0.1, -0.05) is 17.7 Å². The van der Waals surface area contributed by atoms with E-state index in [2.05, 4.69) is 0 Å². The maximum absolute atomic E-state index is 11.5. The van der Waals surface area contributed by atoms with Crippen LogP contribution in [0.2, 0.25) is 5.02 Å². The van der Waals surface area contributed by atoms with E-state index in [1.807, 2.05) is 13.0 Å². The minimum Gasteiger partial charge on any atom is -0.495 e. The zero-order chi connectivity index (χ0) is 13.7. The van der Waals surface area contributed by atoms with E-state index in [0.717, 1.165) is 11.1 Å². The average Bonchev–Trinajstić information content (AvgIpc) is 2.28. The summed E-state index contributed by atoms with van der Waals surface area (Å²) in [4.78, 5) is 11.5. The Hall–Kier alpha value is -1.26. The second-order valence-corrected chi connectivity index (χ2v) is 4.41. The van der Waals surface area contributed by atoms with Crippen molar-refractivity contribution in [2.75, 3.05) is 13.7 Å². The number of hydrogen-bond donors (Lipinski definition) is 1. The van der Waals surface area contributed by atoms with Gasteiger partial charge in [0, 0.05) is 6.42 Å². The van der Waals surface area contributed by atoms with Crippen LogP contribution in [-0.2, 0) is 16.0 Å². The van der Waals surface area contributed by atoms with Crippen LogP contribution >= 0.6 is 11.6 Å². The summed E-state index contributed by atoms with van der Waals surface area (Å²) >= 11 is 6.08. The summed E-state index contributed by atoms with van der Waals surface area (Å²) in [6, 6.07) is 3.00. The van der Waals surface area contributed by atoms with Crippen LogP contribution in [0.5, 0.6) is 5.75 Å². The van der Waals surface area contributed by atoms with E-state index < -0.39 is 12.0 Å². The molecule has 0 spiro atoms. The highest BCUT2D eigenvalue weighted by Crippen LogP contribution is 2.30. The van der Waals surface area contributed by atoms with E-state index >= 15 is 0 Å². The van der Waals surface area contributed by atoms with Gasteiger partial charge in [-0.15, -0.1) is 0 Å². The molecule has 0 aliphatic carbocycles. The minimum absolute atomic E-state index is 0.318. The fraction of sp³-hybridized carbons (Fsp3) is 0.462. The lowest BCUT2D eigenvalue weighted by Crippen LogP contribution is -2.34. The molecule has 100 valence electrons. The molecule has 0 saturated carbocycles. The van der Waals surface area contributed by atoms with Crippen LogP contribution < -0.4 is 10.5 Å². The molecule has 0 heterocycles. The molecule has 0 radical (unpaired) electrons. The van der Waals surface area contributed by atoms with Gasteiger partial charge in [-0.3, -0.25) is 4.79 Å². The van der Waals surface area contributed by atoms with Crippen LogP contribution in [0.4, 0.5) is 0 Å². The predicted molar refractivity (Wildman–Crippen MR) is 71.1 cm³/mol. The molecule has 18 heavy (non-hydrogen) atoms. The van der Waals surface area contributed by atoms with Crippen molar-refractivity contribution in [1.29, 1.82) is 0 Å². The zero-order valence-electron chi connectivity index (χ0n) is 10.8. The fourth-order valence-corrected chi connectivity index (χ4v) is 2.12. The SMILES string of the molecule is CCOC(=O)C(N)Cc1cc(C)cc(Cl)c1OC. The molecule has 2 N–H and O–H groups in total. The first-order valence-electron chi connectivity index (χ1n) is 5.74. The van der Waals surface area contributed by atoms with Crippen molar-refractivity contribution in [3.63, 3.8) is 0 Å². The molecular formula is C13H18ClNO3. The van der Waals surface area contributed by atoms with Crippen LogP contribution in [0.1, 0.15) is 18.1 Å². The van der Waals surface area contributed by atoms with Crippen molar-refractivity contribution in [1.82, 2.24) is 0 Å². The lowest BCUT2D eigenvalue weighted by molar-refractivity contribution is -0.144. The minimum atomic E-state index is -0.711. The molecule has 1 aromatic rings. The van der Waals surface area contributed by atoms with Gasteiger partial charge in [-0.05, 0) is 31.0 Å². The Labute approximate surface area is 112 Å². The molecule has 0 fully saturated rings. The molecule has 5 heteroatoms. The first-order valence-corrected chi connectivity index (χ1v) is 6.12. The van der Waals surface area contributed by atoms with E-state index in [0.29, 0.717) is 23.8 Å². The van der Waals surface area contributed by atoms with Crippen LogP contribution in [0, 0.1) is 6.92 Å². The maximum Gasteiger partial charge on any atom is 0.323 e. The smallest absolute Gasteiger partial charge is 0.323 e. The number of methoxy groups -OCH3 is 1. The van der Waals surface area contributed by atoms with Gasteiger partial charge in [0.1, 0.15) is 11.8 Å². The first-order chi connectivity index (χ1) is 8.49. The Morgan fingerprint density at radius 3 is 2.72 bits per heavy atom. The summed E-state index contributed by atoms with van der Waals surface area (Å²) in [6.07, 6.45) is 0.337. The largest absolute Gasteiger partial charge is 0.495 e. The number of ether oxygens (including phenoxy) is 2.